The van der Waals surface area contributed by atoms with E-state index < -0.39 is 17.2 Å². The summed E-state index contributed by atoms with van der Waals surface area (Å²) in [4.78, 5) is 12.2. The van der Waals surface area contributed by atoms with E-state index in [1.807, 2.05) is 6.92 Å². The number of benzene rings is 1. The second kappa shape index (κ2) is 6.66. The lowest BCUT2D eigenvalue weighted by Crippen LogP contribution is -2.42. The third-order valence-corrected chi connectivity index (χ3v) is 3.73. The minimum absolute atomic E-state index is 0. The zero-order chi connectivity index (χ0) is 14.8. The standard InChI is InChI=1S/C14H17F3N2O.ClH/c1-13(6-8-18-9-7-13)12(20)19-11-4-2-10(3-5-11)14(15,16)17;/h2-5,18H,6-9H2,1H3,(H,19,20);1H. The lowest BCUT2D eigenvalue weighted by atomic mass is 9.80. The average Bonchev–Trinajstić information content (AvgIpc) is 2.39. The van der Waals surface area contributed by atoms with Gasteiger partial charge in [-0.15, -0.1) is 12.4 Å². The smallest absolute Gasteiger partial charge is 0.326 e. The third kappa shape index (κ3) is 4.35. The van der Waals surface area contributed by atoms with E-state index >= 15 is 0 Å². The molecule has 21 heavy (non-hydrogen) atoms. The Balaban J connectivity index is 0.00000220. The fourth-order valence-corrected chi connectivity index (χ4v) is 2.23. The summed E-state index contributed by atoms with van der Waals surface area (Å²) in [6.45, 7) is 3.43. The van der Waals surface area contributed by atoms with Crippen LogP contribution < -0.4 is 10.6 Å². The molecule has 0 aromatic heterocycles. The lowest BCUT2D eigenvalue weighted by molar-refractivity contribution is -0.137. The number of halogens is 4. The van der Waals surface area contributed by atoms with Crippen molar-refractivity contribution in [1.82, 2.24) is 5.32 Å². The van der Waals surface area contributed by atoms with Gasteiger partial charge in [0.1, 0.15) is 0 Å². The largest absolute Gasteiger partial charge is 0.416 e. The molecule has 1 amide bonds. The summed E-state index contributed by atoms with van der Waals surface area (Å²) in [7, 11) is 0. The molecule has 0 saturated carbocycles. The fraction of sp³-hybridized carbons (Fsp3) is 0.500. The molecular weight excluding hydrogens is 305 g/mol. The van der Waals surface area contributed by atoms with Crippen LogP contribution in [-0.4, -0.2) is 19.0 Å². The second-order valence-electron chi connectivity index (χ2n) is 5.34. The Morgan fingerprint density at radius 1 is 1.19 bits per heavy atom. The van der Waals surface area contributed by atoms with E-state index in [9.17, 15) is 18.0 Å². The number of hydrogen-bond acceptors (Lipinski definition) is 2. The van der Waals surface area contributed by atoms with Crippen LogP contribution in [0.25, 0.3) is 0 Å². The van der Waals surface area contributed by atoms with Gasteiger partial charge in [-0.25, -0.2) is 0 Å². The van der Waals surface area contributed by atoms with Crippen LogP contribution in [0.1, 0.15) is 25.3 Å². The van der Waals surface area contributed by atoms with Crippen molar-refractivity contribution in [3.63, 3.8) is 0 Å². The van der Waals surface area contributed by atoms with Gasteiger partial charge in [-0.05, 0) is 50.2 Å². The molecule has 1 aromatic rings. The Labute approximate surface area is 127 Å². The van der Waals surface area contributed by atoms with Crippen LogP contribution in [0, 0.1) is 5.41 Å². The predicted molar refractivity (Wildman–Crippen MR) is 77.5 cm³/mol. The van der Waals surface area contributed by atoms with Gasteiger partial charge in [0.2, 0.25) is 5.91 Å². The number of carbonyl (C=O) groups excluding carboxylic acids is 1. The van der Waals surface area contributed by atoms with Crippen molar-refractivity contribution in [2.24, 2.45) is 5.41 Å². The van der Waals surface area contributed by atoms with Crippen molar-refractivity contribution >= 4 is 24.0 Å². The normalized spacial score (nSPS) is 17.7. The van der Waals surface area contributed by atoms with Gasteiger partial charge in [-0.1, -0.05) is 6.92 Å². The summed E-state index contributed by atoms with van der Waals surface area (Å²) in [6, 6.07) is 4.51. The summed E-state index contributed by atoms with van der Waals surface area (Å²) >= 11 is 0. The first-order chi connectivity index (χ1) is 9.31. The second-order valence-corrected chi connectivity index (χ2v) is 5.34. The van der Waals surface area contributed by atoms with Gasteiger partial charge < -0.3 is 10.6 Å². The van der Waals surface area contributed by atoms with Crippen LogP contribution in [0.15, 0.2) is 24.3 Å². The Kier molecular flexibility index (Phi) is 5.64. The Morgan fingerprint density at radius 2 is 1.71 bits per heavy atom. The van der Waals surface area contributed by atoms with Gasteiger partial charge in [-0.3, -0.25) is 4.79 Å². The van der Waals surface area contributed by atoms with Gasteiger partial charge >= 0.3 is 6.18 Å². The van der Waals surface area contributed by atoms with E-state index in [2.05, 4.69) is 10.6 Å². The number of rotatable bonds is 2. The fourth-order valence-electron chi connectivity index (χ4n) is 2.23. The first kappa shape index (κ1) is 17.8. The summed E-state index contributed by atoms with van der Waals surface area (Å²) in [5, 5.41) is 5.87. The third-order valence-electron chi connectivity index (χ3n) is 3.73. The van der Waals surface area contributed by atoms with Crippen LogP contribution in [-0.2, 0) is 11.0 Å². The topological polar surface area (TPSA) is 41.1 Å². The summed E-state index contributed by atoms with van der Waals surface area (Å²) < 4.78 is 37.3. The molecule has 0 spiro atoms. The number of amides is 1. The van der Waals surface area contributed by atoms with Crippen molar-refractivity contribution in [1.29, 1.82) is 0 Å². The molecule has 1 aromatic carbocycles. The van der Waals surface area contributed by atoms with E-state index in [1.54, 1.807) is 0 Å². The van der Waals surface area contributed by atoms with Crippen LogP contribution in [0.5, 0.6) is 0 Å². The molecule has 118 valence electrons. The molecule has 1 fully saturated rings. The summed E-state index contributed by atoms with van der Waals surface area (Å²) in [5.41, 5.74) is -0.792. The molecule has 2 rings (SSSR count). The van der Waals surface area contributed by atoms with Crippen LogP contribution in [0.2, 0.25) is 0 Å². The molecule has 1 saturated heterocycles. The van der Waals surface area contributed by atoms with Crippen LogP contribution in [0.3, 0.4) is 0 Å². The number of anilines is 1. The Hall–Kier alpha value is -1.27. The summed E-state index contributed by atoms with van der Waals surface area (Å²) in [6.07, 6.45) is -2.91. The quantitative estimate of drug-likeness (QED) is 0.875. The molecule has 0 bridgehead atoms. The molecule has 1 aliphatic heterocycles. The maximum absolute atomic E-state index is 12.4. The van der Waals surface area contributed by atoms with Crippen molar-refractivity contribution in [3.8, 4) is 0 Å². The van der Waals surface area contributed by atoms with Gasteiger partial charge in [0.05, 0.1) is 5.56 Å². The van der Waals surface area contributed by atoms with E-state index in [4.69, 9.17) is 0 Å². The van der Waals surface area contributed by atoms with E-state index in [0.717, 1.165) is 38.1 Å². The van der Waals surface area contributed by atoms with Crippen molar-refractivity contribution in [2.45, 2.75) is 25.9 Å². The monoisotopic (exact) mass is 322 g/mol. The molecule has 0 atom stereocenters. The Morgan fingerprint density at radius 3 is 2.19 bits per heavy atom. The minimum atomic E-state index is -4.36. The molecule has 0 radical (unpaired) electrons. The molecule has 0 unspecified atom stereocenters. The molecule has 2 N–H and O–H groups in total. The lowest BCUT2D eigenvalue weighted by Gasteiger charge is -2.32. The highest BCUT2D eigenvalue weighted by molar-refractivity contribution is 5.95. The number of hydrogen-bond donors (Lipinski definition) is 2. The van der Waals surface area contributed by atoms with E-state index in [0.29, 0.717) is 5.69 Å². The average molecular weight is 323 g/mol. The molecular formula is C14H18ClF3N2O. The van der Waals surface area contributed by atoms with Crippen molar-refractivity contribution < 1.29 is 18.0 Å². The zero-order valence-electron chi connectivity index (χ0n) is 11.6. The van der Waals surface area contributed by atoms with Gasteiger partial charge in [-0.2, -0.15) is 13.2 Å². The number of piperidine rings is 1. The van der Waals surface area contributed by atoms with Gasteiger partial charge in [0.25, 0.3) is 0 Å². The van der Waals surface area contributed by atoms with E-state index in [1.165, 1.54) is 12.1 Å². The van der Waals surface area contributed by atoms with Gasteiger partial charge in [0, 0.05) is 11.1 Å². The minimum Gasteiger partial charge on any atom is -0.326 e. The van der Waals surface area contributed by atoms with Crippen molar-refractivity contribution in [3.05, 3.63) is 29.8 Å². The predicted octanol–water partition coefficient (Wildman–Crippen LogP) is 3.46. The Bertz CT molecular complexity index is 482. The van der Waals surface area contributed by atoms with Crippen LogP contribution in [0.4, 0.5) is 18.9 Å². The first-order valence-electron chi connectivity index (χ1n) is 6.51. The molecule has 1 heterocycles. The zero-order valence-corrected chi connectivity index (χ0v) is 12.4. The molecule has 7 heteroatoms. The highest BCUT2D eigenvalue weighted by Crippen LogP contribution is 2.32. The van der Waals surface area contributed by atoms with Crippen LogP contribution >= 0.6 is 12.4 Å². The summed E-state index contributed by atoms with van der Waals surface area (Å²) in [5.74, 6) is -0.140. The SMILES string of the molecule is CC1(C(=O)Nc2ccc(C(F)(F)F)cc2)CCNCC1.Cl. The number of carbonyl (C=O) groups is 1. The molecule has 3 nitrogen and oxygen atoms in total. The molecule has 0 aliphatic carbocycles. The van der Waals surface area contributed by atoms with Gasteiger partial charge in [0.15, 0.2) is 0 Å². The molecule has 1 aliphatic rings. The number of nitrogens with one attached hydrogen (secondary N) is 2. The first-order valence-corrected chi connectivity index (χ1v) is 6.51. The highest BCUT2D eigenvalue weighted by Gasteiger charge is 2.35. The van der Waals surface area contributed by atoms with E-state index in [-0.39, 0.29) is 18.3 Å². The number of alkyl halides is 3. The van der Waals surface area contributed by atoms with Crippen molar-refractivity contribution in [2.75, 3.05) is 18.4 Å². The highest BCUT2D eigenvalue weighted by atomic mass is 35.5. The maximum Gasteiger partial charge on any atom is 0.416 e. The maximum atomic E-state index is 12.4.